The van der Waals surface area contributed by atoms with Gasteiger partial charge in [-0.15, -0.1) is 0 Å². The lowest BCUT2D eigenvalue weighted by Gasteiger charge is -2.04. The van der Waals surface area contributed by atoms with E-state index in [-0.39, 0.29) is 11.5 Å². The van der Waals surface area contributed by atoms with Gasteiger partial charge in [-0.2, -0.15) is 0 Å². The Morgan fingerprint density at radius 1 is 1.75 bits per heavy atom. The van der Waals surface area contributed by atoms with Crippen LogP contribution >= 0.6 is 0 Å². The number of aliphatic hydroxyl groups is 1. The van der Waals surface area contributed by atoms with E-state index in [1.165, 1.54) is 13.0 Å². The summed E-state index contributed by atoms with van der Waals surface area (Å²) in [5, 5.41) is 11.8. The number of hydrogen-bond donors (Lipinski definition) is 2. The van der Waals surface area contributed by atoms with E-state index in [4.69, 9.17) is 5.11 Å². The largest absolute Gasteiger partial charge is 0.512 e. The Bertz CT molecular complexity index is 270. The Morgan fingerprint density at radius 3 is 3.00 bits per heavy atom. The van der Waals surface area contributed by atoms with Crippen molar-refractivity contribution in [3.8, 4) is 0 Å². The Kier molecular flexibility index (Phi) is 2.69. The van der Waals surface area contributed by atoms with E-state index in [0.717, 1.165) is 0 Å². The lowest BCUT2D eigenvalue weighted by Crippen LogP contribution is -2.12. The highest BCUT2D eigenvalue weighted by Gasteiger charge is 2.04. The van der Waals surface area contributed by atoms with E-state index in [2.05, 4.69) is 5.32 Å². The quantitative estimate of drug-likeness (QED) is 0.475. The van der Waals surface area contributed by atoms with Crippen molar-refractivity contribution in [2.45, 2.75) is 6.92 Å². The number of carbonyl (C=O) groups excluding carboxylic acids is 1. The van der Waals surface area contributed by atoms with Gasteiger partial charge < -0.3 is 10.4 Å². The number of hydrogen-bond acceptors (Lipinski definition) is 3. The summed E-state index contributed by atoms with van der Waals surface area (Å²) in [4.78, 5) is 11.2. The van der Waals surface area contributed by atoms with Gasteiger partial charge in [0.15, 0.2) is 5.78 Å². The van der Waals surface area contributed by atoms with E-state index < -0.39 is 0 Å². The summed E-state index contributed by atoms with van der Waals surface area (Å²) in [7, 11) is 0. The third kappa shape index (κ3) is 2.27. The van der Waals surface area contributed by atoms with E-state index in [0.29, 0.717) is 12.1 Å². The zero-order valence-corrected chi connectivity index (χ0v) is 6.87. The monoisotopic (exact) mass is 165 g/mol. The minimum Gasteiger partial charge on any atom is -0.512 e. The van der Waals surface area contributed by atoms with Crippen molar-refractivity contribution in [3.05, 3.63) is 35.8 Å². The molecule has 0 saturated heterocycles. The first-order valence-corrected chi connectivity index (χ1v) is 3.72. The van der Waals surface area contributed by atoms with Gasteiger partial charge in [-0.1, -0.05) is 6.08 Å². The molecule has 0 saturated carbocycles. The molecule has 3 nitrogen and oxygen atoms in total. The van der Waals surface area contributed by atoms with Crippen LogP contribution < -0.4 is 5.32 Å². The molecule has 1 heterocycles. The van der Waals surface area contributed by atoms with Crippen LogP contribution in [0.1, 0.15) is 6.92 Å². The molecule has 64 valence electrons. The molecular weight excluding hydrogens is 154 g/mol. The molecule has 0 aromatic heterocycles. The molecule has 0 radical (unpaired) electrons. The van der Waals surface area contributed by atoms with Gasteiger partial charge in [-0.05, 0) is 19.2 Å². The first kappa shape index (κ1) is 8.59. The van der Waals surface area contributed by atoms with Gasteiger partial charge in [-0.3, -0.25) is 4.79 Å². The molecule has 0 aliphatic carbocycles. The molecule has 0 aromatic carbocycles. The predicted molar refractivity (Wildman–Crippen MR) is 46.6 cm³/mol. The lowest BCUT2D eigenvalue weighted by molar-refractivity contribution is -0.111. The van der Waals surface area contributed by atoms with E-state index in [1.54, 1.807) is 18.4 Å². The van der Waals surface area contributed by atoms with Gasteiger partial charge in [0.05, 0.1) is 5.76 Å². The van der Waals surface area contributed by atoms with Crippen LogP contribution in [0.3, 0.4) is 0 Å². The van der Waals surface area contributed by atoms with Crippen molar-refractivity contribution >= 4 is 5.78 Å². The number of ketones is 1. The van der Waals surface area contributed by atoms with Gasteiger partial charge in [-0.25, -0.2) is 0 Å². The summed E-state index contributed by atoms with van der Waals surface area (Å²) in [6.45, 7) is 2.14. The number of aliphatic hydroxyl groups excluding tert-OH is 1. The van der Waals surface area contributed by atoms with Crippen molar-refractivity contribution in [3.63, 3.8) is 0 Å². The topological polar surface area (TPSA) is 49.3 Å². The molecule has 0 spiro atoms. The van der Waals surface area contributed by atoms with Gasteiger partial charge in [0.2, 0.25) is 0 Å². The summed E-state index contributed by atoms with van der Waals surface area (Å²) < 4.78 is 0. The molecular formula is C9H11NO2. The molecule has 0 aromatic rings. The zero-order chi connectivity index (χ0) is 8.97. The summed E-state index contributed by atoms with van der Waals surface area (Å²) in [5.74, 6) is -0.124. The minimum atomic E-state index is -0.159. The summed E-state index contributed by atoms with van der Waals surface area (Å²) >= 11 is 0. The molecule has 1 rings (SSSR count). The van der Waals surface area contributed by atoms with Crippen LogP contribution in [0.4, 0.5) is 0 Å². The molecule has 0 unspecified atom stereocenters. The zero-order valence-electron chi connectivity index (χ0n) is 6.87. The van der Waals surface area contributed by atoms with Gasteiger partial charge in [0.1, 0.15) is 0 Å². The second-order valence-electron chi connectivity index (χ2n) is 2.55. The summed E-state index contributed by atoms with van der Waals surface area (Å²) in [6.07, 6.45) is 6.39. The van der Waals surface area contributed by atoms with Crippen molar-refractivity contribution in [1.29, 1.82) is 0 Å². The fraction of sp³-hybridized carbons (Fsp3) is 0.222. The molecule has 0 bridgehead atoms. The summed E-state index contributed by atoms with van der Waals surface area (Å²) in [5.41, 5.74) is 0.613. The average molecular weight is 165 g/mol. The molecule has 2 N–H and O–H groups in total. The molecule has 3 heteroatoms. The highest BCUT2D eigenvalue weighted by molar-refractivity contribution is 6.06. The number of nitrogens with one attached hydrogen (secondary N) is 1. The fourth-order valence-electron chi connectivity index (χ4n) is 0.909. The second kappa shape index (κ2) is 3.76. The fourth-order valence-corrected chi connectivity index (χ4v) is 0.909. The smallest absolute Gasteiger partial charge is 0.188 e. The maximum atomic E-state index is 11.2. The SMILES string of the molecule is C/C(O)=C/C(=O)C1=CCNC=C1. The highest BCUT2D eigenvalue weighted by atomic mass is 16.3. The number of dihydropyridines is 1. The van der Waals surface area contributed by atoms with E-state index in [1.807, 2.05) is 0 Å². The molecule has 1 aliphatic heterocycles. The van der Waals surface area contributed by atoms with Crippen LogP contribution in [-0.4, -0.2) is 17.4 Å². The van der Waals surface area contributed by atoms with Gasteiger partial charge in [0.25, 0.3) is 0 Å². The Labute approximate surface area is 71.1 Å². The minimum absolute atomic E-state index is 0.0350. The Balaban J connectivity index is 2.71. The van der Waals surface area contributed by atoms with Gasteiger partial charge in [0, 0.05) is 18.2 Å². The first-order chi connectivity index (χ1) is 5.70. The molecule has 12 heavy (non-hydrogen) atoms. The standard InChI is InChI=1S/C9H11NO2/c1-7(11)6-9(12)8-2-4-10-5-3-8/h2-4,6,10-11H,5H2,1H3/b7-6-. The average Bonchev–Trinajstić information content (AvgIpc) is 2.05. The molecule has 0 amide bonds. The van der Waals surface area contributed by atoms with Crippen LogP contribution in [0.25, 0.3) is 0 Å². The molecule has 0 atom stereocenters. The van der Waals surface area contributed by atoms with Crippen molar-refractivity contribution in [2.24, 2.45) is 0 Å². The van der Waals surface area contributed by atoms with Crippen LogP contribution in [0.15, 0.2) is 35.8 Å². The first-order valence-electron chi connectivity index (χ1n) is 3.72. The maximum Gasteiger partial charge on any atom is 0.188 e. The van der Waals surface area contributed by atoms with E-state index in [9.17, 15) is 4.79 Å². The van der Waals surface area contributed by atoms with Gasteiger partial charge >= 0.3 is 0 Å². The van der Waals surface area contributed by atoms with Crippen LogP contribution in [0, 0.1) is 0 Å². The number of rotatable bonds is 2. The summed E-state index contributed by atoms with van der Waals surface area (Å²) in [6, 6.07) is 0. The van der Waals surface area contributed by atoms with Crippen molar-refractivity contribution in [1.82, 2.24) is 5.32 Å². The maximum absolute atomic E-state index is 11.2. The Hall–Kier alpha value is -1.51. The third-order valence-corrected chi connectivity index (χ3v) is 1.45. The van der Waals surface area contributed by atoms with E-state index >= 15 is 0 Å². The second-order valence-corrected chi connectivity index (χ2v) is 2.55. The van der Waals surface area contributed by atoms with Crippen molar-refractivity contribution in [2.75, 3.05) is 6.54 Å². The Morgan fingerprint density at radius 2 is 2.50 bits per heavy atom. The number of allylic oxidation sites excluding steroid dienone is 4. The van der Waals surface area contributed by atoms with Crippen molar-refractivity contribution < 1.29 is 9.90 Å². The van der Waals surface area contributed by atoms with Crippen LogP contribution in [0.5, 0.6) is 0 Å². The molecule has 1 aliphatic rings. The normalized spacial score (nSPS) is 16.8. The highest BCUT2D eigenvalue weighted by Crippen LogP contribution is 2.03. The lowest BCUT2D eigenvalue weighted by atomic mass is 10.1. The molecule has 0 fully saturated rings. The number of carbonyl (C=O) groups is 1. The van der Waals surface area contributed by atoms with Crippen LogP contribution in [0.2, 0.25) is 0 Å². The van der Waals surface area contributed by atoms with Crippen LogP contribution in [-0.2, 0) is 4.79 Å². The third-order valence-electron chi connectivity index (χ3n) is 1.45. The predicted octanol–water partition coefficient (Wildman–Crippen LogP) is 1.06.